The fraction of sp³-hybridized carbons (Fsp3) is 0.294. The van der Waals surface area contributed by atoms with Crippen LogP contribution in [0.1, 0.15) is 33.9 Å². The Morgan fingerprint density at radius 3 is 2.15 bits per heavy atom. The summed E-state index contributed by atoms with van der Waals surface area (Å²) in [5.41, 5.74) is 6.48. The third-order valence-electron chi connectivity index (χ3n) is 3.59. The second-order valence-corrected chi connectivity index (χ2v) is 6.78. The Morgan fingerprint density at radius 2 is 1.65 bits per heavy atom. The molecule has 0 saturated carbocycles. The maximum Gasteiger partial charge on any atom is 0.0580 e. The second kappa shape index (κ2) is 6.46. The van der Waals surface area contributed by atoms with Crippen LogP contribution in [0.2, 0.25) is 5.02 Å². The third kappa shape index (κ3) is 3.18. The lowest BCUT2D eigenvalue weighted by Crippen LogP contribution is -2.20. The van der Waals surface area contributed by atoms with E-state index >= 15 is 0 Å². The van der Waals surface area contributed by atoms with E-state index in [0.717, 1.165) is 8.59 Å². The van der Waals surface area contributed by atoms with Gasteiger partial charge in [0.15, 0.2) is 0 Å². The highest BCUT2D eigenvalue weighted by atomic mass is 127. The maximum absolute atomic E-state index is 6.27. The van der Waals surface area contributed by atoms with Crippen molar-refractivity contribution < 1.29 is 0 Å². The van der Waals surface area contributed by atoms with E-state index in [1.165, 1.54) is 27.8 Å². The first-order valence-corrected chi connectivity index (χ1v) is 8.09. The van der Waals surface area contributed by atoms with Crippen LogP contribution in [0, 0.1) is 24.3 Å². The van der Waals surface area contributed by atoms with E-state index in [1.807, 2.05) is 7.05 Å². The lowest BCUT2D eigenvalue weighted by Gasteiger charge is -2.22. The first-order chi connectivity index (χ1) is 9.43. The third-order valence-corrected chi connectivity index (χ3v) is 5.16. The highest BCUT2D eigenvalue weighted by Gasteiger charge is 2.17. The van der Waals surface area contributed by atoms with Crippen molar-refractivity contribution in [2.24, 2.45) is 0 Å². The molecular weight excluding hydrogens is 381 g/mol. The summed E-state index contributed by atoms with van der Waals surface area (Å²) in [6.45, 7) is 6.49. The van der Waals surface area contributed by atoms with Crippen molar-refractivity contribution in [1.82, 2.24) is 5.32 Å². The van der Waals surface area contributed by atoms with Gasteiger partial charge in [0.2, 0.25) is 0 Å². The monoisotopic (exact) mass is 399 g/mol. The van der Waals surface area contributed by atoms with Crippen LogP contribution in [0.4, 0.5) is 0 Å². The van der Waals surface area contributed by atoms with Crippen molar-refractivity contribution in [1.29, 1.82) is 0 Å². The number of hydrogen-bond donors (Lipinski definition) is 1. The standard InChI is InChI=1S/C17H19ClIN/c1-10-7-11(2)16(12(3)8-10)17(20-4)13-5-6-15(19)14(18)9-13/h5-9,17,20H,1-4H3. The molecule has 0 radical (unpaired) electrons. The van der Waals surface area contributed by atoms with E-state index in [-0.39, 0.29) is 6.04 Å². The summed E-state index contributed by atoms with van der Waals surface area (Å²) in [5, 5.41) is 4.23. The average Bonchev–Trinajstić information content (AvgIpc) is 2.37. The van der Waals surface area contributed by atoms with Crippen LogP contribution in [-0.4, -0.2) is 7.05 Å². The minimum absolute atomic E-state index is 0.171. The van der Waals surface area contributed by atoms with Crippen LogP contribution in [0.25, 0.3) is 0 Å². The van der Waals surface area contributed by atoms with Gasteiger partial charge in [-0.2, -0.15) is 0 Å². The van der Waals surface area contributed by atoms with Crippen LogP contribution in [0.15, 0.2) is 30.3 Å². The fourth-order valence-corrected chi connectivity index (χ4v) is 3.34. The SMILES string of the molecule is CNC(c1ccc(I)c(Cl)c1)c1c(C)cc(C)cc1C. The van der Waals surface area contributed by atoms with E-state index in [1.54, 1.807) is 0 Å². The van der Waals surface area contributed by atoms with Gasteiger partial charge in [0.1, 0.15) is 0 Å². The number of benzene rings is 2. The molecule has 3 heteroatoms. The van der Waals surface area contributed by atoms with Gasteiger partial charge in [-0.05, 0) is 84.8 Å². The van der Waals surface area contributed by atoms with Crippen LogP contribution in [0.5, 0.6) is 0 Å². The molecule has 0 aliphatic carbocycles. The second-order valence-electron chi connectivity index (χ2n) is 5.21. The topological polar surface area (TPSA) is 12.0 Å². The molecule has 0 saturated heterocycles. The lowest BCUT2D eigenvalue weighted by molar-refractivity contribution is 0.683. The normalized spacial score (nSPS) is 12.5. The van der Waals surface area contributed by atoms with Crippen molar-refractivity contribution in [3.8, 4) is 0 Å². The molecular formula is C17H19ClIN. The van der Waals surface area contributed by atoms with Crippen molar-refractivity contribution in [2.45, 2.75) is 26.8 Å². The van der Waals surface area contributed by atoms with Gasteiger partial charge in [-0.1, -0.05) is 35.4 Å². The van der Waals surface area contributed by atoms with Crippen LogP contribution in [-0.2, 0) is 0 Å². The molecule has 0 heterocycles. The van der Waals surface area contributed by atoms with Crippen molar-refractivity contribution in [2.75, 3.05) is 7.05 Å². The van der Waals surface area contributed by atoms with Crippen molar-refractivity contribution >= 4 is 34.2 Å². The molecule has 0 fully saturated rings. The van der Waals surface area contributed by atoms with Gasteiger partial charge in [-0.3, -0.25) is 0 Å². The van der Waals surface area contributed by atoms with Crippen LogP contribution >= 0.6 is 34.2 Å². The van der Waals surface area contributed by atoms with E-state index < -0.39 is 0 Å². The van der Waals surface area contributed by atoms with E-state index in [9.17, 15) is 0 Å². The summed E-state index contributed by atoms with van der Waals surface area (Å²) < 4.78 is 1.08. The van der Waals surface area contributed by atoms with Crippen molar-refractivity contribution in [3.63, 3.8) is 0 Å². The van der Waals surface area contributed by atoms with Gasteiger partial charge < -0.3 is 5.32 Å². The molecule has 0 spiro atoms. The molecule has 0 aromatic heterocycles. The number of halogens is 2. The Hall–Kier alpha value is -0.580. The number of hydrogen-bond acceptors (Lipinski definition) is 1. The zero-order chi connectivity index (χ0) is 14.9. The van der Waals surface area contributed by atoms with Gasteiger partial charge in [0, 0.05) is 3.57 Å². The summed E-state index contributed by atoms with van der Waals surface area (Å²) >= 11 is 8.53. The zero-order valence-corrected chi connectivity index (χ0v) is 15.1. The molecule has 20 heavy (non-hydrogen) atoms. The minimum atomic E-state index is 0.171. The van der Waals surface area contributed by atoms with Crippen LogP contribution < -0.4 is 5.32 Å². The predicted octanol–water partition coefficient (Wildman–Crippen LogP) is 5.18. The Bertz CT molecular complexity index is 614. The number of nitrogens with one attached hydrogen (secondary N) is 1. The summed E-state index contributed by atoms with van der Waals surface area (Å²) in [5.74, 6) is 0. The van der Waals surface area contributed by atoms with Gasteiger partial charge >= 0.3 is 0 Å². The Morgan fingerprint density at radius 1 is 1.05 bits per heavy atom. The zero-order valence-electron chi connectivity index (χ0n) is 12.2. The molecule has 2 aromatic rings. The molecule has 106 valence electrons. The molecule has 1 unspecified atom stereocenters. The minimum Gasteiger partial charge on any atom is -0.309 e. The van der Waals surface area contributed by atoms with E-state index in [2.05, 4.69) is 79.0 Å². The first-order valence-electron chi connectivity index (χ1n) is 6.64. The summed E-state index contributed by atoms with van der Waals surface area (Å²) in [6, 6.07) is 10.9. The first kappa shape index (κ1) is 15.8. The summed E-state index contributed by atoms with van der Waals surface area (Å²) in [7, 11) is 2.00. The summed E-state index contributed by atoms with van der Waals surface area (Å²) in [6.07, 6.45) is 0. The van der Waals surface area contributed by atoms with E-state index in [0.29, 0.717) is 0 Å². The lowest BCUT2D eigenvalue weighted by atomic mass is 9.90. The molecule has 0 aliphatic heterocycles. The molecule has 0 aliphatic rings. The van der Waals surface area contributed by atoms with E-state index in [4.69, 9.17) is 11.6 Å². The highest BCUT2D eigenvalue weighted by molar-refractivity contribution is 14.1. The molecule has 1 atom stereocenters. The Labute approximate surface area is 139 Å². The molecule has 1 N–H and O–H groups in total. The molecule has 1 nitrogen and oxygen atoms in total. The van der Waals surface area contributed by atoms with Gasteiger partial charge in [-0.25, -0.2) is 0 Å². The Kier molecular flexibility index (Phi) is 5.10. The molecule has 2 rings (SSSR count). The number of rotatable bonds is 3. The molecule has 0 bridgehead atoms. The number of aryl methyl sites for hydroxylation is 3. The smallest absolute Gasteiger partial charge is 0.0580 e. The predicted molar refractivity (Wildman–Crippen MR) is 95.7 cm³/mol. The van der Waals surface area contributed by atoms with Gasteiger partial charge in [0.25, 0.3) is 0 Å². The van der Waals surface area contributed by atoms with Gasteiger partial charge in [-0.15, -0.1) is 0 Å². The Balaban J connectivity index is 2.55. The van der Waals surface area contributed by atoms with Crippen molar-refractivity contribution in [3.05, 3.63) is 66.7 Å². The average molecular weight is 400 g/mol. The van der Waals surface area contributed by atoms with Gasteiger partial charge in [0.05, 0.1) is 11.1 Å². The maximum atomic E-state index is 6.27. The fourth-order valence-electron chi connectivity index (χ4n) is 2.82. The quantitative estimate of drug-likeness (QED) is 0.701. The largest absolute Gasteiger partial charge is 0.309 e. The molecule has 2 aromatic carbocycles. The highest BCUT2D eigenvalue weighted by Crippen LogP contribution is 2.31. The van der Waals surface area contributed by atoms with Crippen LogP contribution in [0.3, 0.4) is 0 Å². The summed E-state index contributed by atoms with van der Waals surface area (Å²) in [4.78, 5) is 0. The molecule has 0 amide bonds.